The topological polar surface area (TPSA) is 67.4 Å². The first-order valence-corrected chi connectivity index (χ1v) is 15.8. The van der Waals surface area contributed by atoms with Crippen molar-refractivity contribution in [2.45, 2.75) is 45.6 Å². The number of ether oxygens (including phenoxy) is 3. The van der Waals surface area contributed by atoms with Crippen LogP contribution in [-0.4, -0.2) is 71.8 Å². The molecule has 2 aliphatic rings. The molecule has 1 amide bonds. The first-order chi connectivity index (χ1) is 22.2. The summed E-state index contributed by atoms with van der Waals surface area (Å²) in [6.07, 6.45) is -0.254. The van der Waals surface area contributed by atoms with E-state index in [1.54, 1.807) is 23.1 Å². The molecule has 3 aromatic carbocycles. The van der Waals surface area contributed by atoms with Gasteiger partial charge < -0.3 is 24.0 Å². The van der Waals surface area contributed by atoms with Crippen LogP contribution >= 0.6 is 0 Å². The lowest BCUT2D eigenvalue weighted by Crippen LogP contribution is -2.63. The van der Waals surface area contributed by atoms with Gasteiger partial charge in [0, 0.05) is 68.2 Å². The molecule has 0 saturated carbocycles. The molecule has 2 saturated heterocycles. The second-order valence-electron chi connectivity index (χ2n) is 12.8. The van der Waals surface area contributed by atoms with E-state index in [2.05, 4.69) is 14.8 Å². The number of pyridine rings is 1. The van der Waals surface area contributed by atoms with Gasteiger partial charge in [-0.05, 0) is 56.2 Å². The molecule has 1 aromatic heterocycles. The molecule has 0 unspecified atom stereocenters. The van der Waals surface area contributed by atoms with Crippen LogP contribution in [0.1, 0.15) is 31.9 Å². The monoisotopic (exact) mass is 624 g/mol. The Hall–Kier alpha value is -4.63. The van der Waals surface area contributed by atoms with Crippen LogP contribution in [0.4, 0.5) is 14.9 Å². The van der Waals surface area contributed by atoms with Crippen molar-refractivity contribution in [3.63, 3.8) is 0 Å². The van der Waals surface area contributed by atoms with Crippen LogP contribution in [0.25, 0.3) is 11.1 Å². The summed E-state index contributed by atoms with van der Waals surface area (Å²) in [4.78, 5) is 23.4. The molecule has 2 fully saturated rings. The fourth-order valence-corrected chi connectivity index (χ4v) is 5.69. The van der Waals surface area contributed by atoms with E-state index in [4.69, 9.17) is 14.2 Å². The lowest BCUT2D eigenvalue weighted by molar-refractivity contribution is 0.00876. The van der Waals surface area contributed by atoms with Crippen LogP contribution < -0.4 is 14.4 Å². The molecule has 8 nitrogen and oxygen atoms in total. The number of halogens is 1. The summed E-state index contributed by atoms with van der Waals surface area (Å²) in [5.74, 6) is 0.387. The molecule has 6 rings (SSSR count). The molecule has 240 valence electrons. The zero-order valence-corrected chi connectivity index (χ0v) is 26.7. The zero-order valence-electron chi connectivity index (χ0n) is 26.7. The Bertz CT molecular complexity index is 1620. The van der Waals surface area contributed by atoms with Gasteiger partial charge in [0.25, 0.3) is 0 Å². The number of piperazine rings is 1. The maximum absolute atomic E-state index is 15.8. The summed E-state index contributed by atoms with van der Waals surface area (Å²) in [5, 5.41) is 0. The van der Waals surface area contributed by atoms with E-state index in [1.807, 2.05) is 93.6 Å². The SMILES string of the molecule is CC(C)(C)OC(=O)N1CCN(C2CN(c3ccc(-c4ccc(OCc5ccccc5)nc4OCc4ccccc4)c(F)c3)C2)CC1. The second-order valence-corrected chi connectivity index (χ2v) is 12.8. The zero-order chi connectivity index (χ0) is 32.1. The van der Waals surface area contributed by atoms with E-state index >= 15 is 4.39 Å². The van der Waals surface area contributed by atoms with Crippen LogP contribution in [0.2, 0.25) is 0 Å². The lowest BCUT2D eigenvalue weighted by Gasteiger charge is -2.49. The summed E-state index contributed by atoms with van der Waals surface area (Å²) in [6, 6.07) is 29.0. The highest BCUT2D eigenvalue weighted by molar-refractivity contribution is 5.72. The first kappa shape index (κ1) is 31.4. The van der Waals surface area contributed by atoms with Gasteiger partial charge in [0.2, 0.25) is 11.8 Å². The fraction of sp³-hybridized carbons (Fsp3) is 0.351. The van der Waals surface area contributed by atoms with Crippen molar-refractivity contribution in [2.75, 3.05) is 44.2 Å². The number of anilines is 1. The minimum Gasteiger partial charge on any atom is -0.473 e. The third kappa shape index (κ3) is 7.77. The number of amides is 1. The molecule has 9 heteroatoms. The van der Waals surface area contributed by atoms with E-state index in [1.165, 1.54) is 0 Å². The number of benzene rings is 3. The molecule has 0 N–H and O–H groups in total. The van der Waals surface area contributed by atoms with Gasteiger partial charge in [-0.15, -0.1) is 0 Å². The summed E-state index contributed by atoms with van der Waals surface area (Å²) >= 11 is 0. The standard InChI is InChI=1S/C37H41FN4O4/c1-37(2,3)46-36(43)41-20-18-40(19-21-41)30-23-42(24-30)29-14-15-31(33(38)22-29)32-16-17-34(44-25-27-10-6-4-7-11-27)39-35(32)45-26-28-12-8-5-9-13-28/h4-17,22,30H,18-21,23-26H2,1-3H3. The number of carbonyl (C=O) groups is 1. The molecule has 0 radical (unpaired) electrons. The fourth-order valence-electron chi connectivity index (χ4n) is 5.69. The number of hydrogen-bond donors (Lipinski definition) is 0. The predicted molar refractivity (Wildman–Crippen MR) is 177 cm³/mol. The number of rotatable bonds is 9. The Balaban J connectivity index is 1.10. The Morgan fingerprint density at radius 2 is 1.41 bits per heavy atom. The third-order valence-electron chi connectivity index (χ3n) is 8.24. The van der Waals surface area contributed by atoms with E-state index in [9.17, 15) is 4.79 Å². The number of aromatic nitrogens is 1. The van der Waals surface area contributed by atoms with E-state index in [0.29, 0.717) is 55.2 Å². The summed E-state index contributed by atoms with van der Waals surface area (Å²) in [7, 11) is 0. The second kappa shape index (κ2) is 13.8. The molecule has 3 heterocycles. The molecule has 0 atom stereocenters. The van der Waals surface area contributed by atoms with E-state index in [0.717, 1.165) is 43.0 Å². The smallest absolute Gasteiger partial charge is 0.410 e. The summed E-state index contributed by atoms with van der Waals surface area (Å²) in [6.45, 7) is 10.8. The van der Waals surface area contributed by atoms with Gasteiger partial charge in [0.05, 0.1) is 0 Å². The summed E-state index contributed by atoms with van der Waals surface area (Å²) < 4.78 is 33.4. The Labute approximate surface area is 270 Å². The van der Waals surface area contributed by atoms with Gasteiger partial charge in [-0.1, -0.05) is 60.7 Å². The van der Waals surface area contributed by atoms with Gasteiger partial charge in [0.15, 0.2) is 0 Å². The molecule has 2 aliphatic heterocycles. The third-order valence-corrected chi connectivity index (χ3v) is 8.24. The summed E-state index contributed by atoms with van der Waals surface area (Å²) in [5.41, 5.74) is 3.34. The average molecular weight is 625 g/mol. The Morgan fingerprint density at radius 3 is 2.02 bits per heavy atom. The van der Waals surface area contributed by atoms with Gasteiger partial charge in [-0.2, -0.15) is 4.98 Å². The molecule has 0 bridgehead atoms. The molecule has 46 heavy (non-hydrogen) atoms. The van der Waals surface area contributed by atoms with Crippen molar-refractivity contribution in [1.29, 1.82) is 0 Å². The van der Waals surface area contributed by atoms with Crippen molar-refractivity contribution in [3.8, 4) is 22.9 Å². The van der Waals surface area contributed by atoms with Crippen molar-refractivity contribution in [3.05, 3.63) is 108 Å². The minimum atomic E-state index is -0.499. The molecule has 0 spiro atoms. The van der Waals surface area contributed by atoms with Crippen molar-refractivity contribution in [2.24, 2.45) is 0 Å². The first-order valence-electron chi connectivity index (χ1n) is 15.8. The predicted octanol–water partition coefficient (Wildman–Crippen LogP) is 6.79. The molecular formula is C37H41FN4O4. The van der Waals surface area contributed by atoms with Crippen molar-refractivity contribution < 1.29 is 23.4 Å². The Morgan fingerprint density at radius 1 is 0.804 bits per heavy atom. The quantitative estimate of drug-likeness (QED) is 0.203. The van der Waals surface area contributed by atoms with Gasteiger partial charge in [-0.25, -0.2) is 9.18 Å². The highest BCUT2D eigenvalue weighted by Gasteiger charge is 2.35. The number of nitrogens with zero attached hydrogens (tertiary/aromatic N) is 4. The minimum absolute atomic E-state index is 0.254. The van der Waals surface area contributed by atoms with E-state index in [-0.39, 0.29) is 11.9 Å². The van der Waals surface area contributed by atoms with Gasteiger partial charge in [0.1, 0.15) is 24.6 Å². The highest BCUT2D eigenvalue weighted by Crippen LogP contribution is 2.36. The molecule has 4 aromatic rings. The largest absolute Gasteiger partial charge is 0.473 e. The van der Waals surface area contributed by atoms with Crippen LogP contribution in [0.5, 0.6) is 11.8 Å². The average Bonchev–Trinajstić information content (AvgIpc) is 3.03. The van der Waals surface area contributed by atoms with E-state index < -0.39 is 5.60 Å². The van der Waals surface area contributed by atoms with Crippen LogP contribution in [0.3, 0.4) is 0 Å². The van der Waals surface area contributed by atoms with Gasteiger partial charge in [-0.3, -0.25) is 4.90 Å². The normalized spacial score (nSPS) is 15.7. The Kier molecular flexibility index (Phi) is 9.40. The lowest BCUT2D eigenvalue weighted by atomic mass is 10.0. The van der Waals surface area contributed by atoms with Crippen molar-refractivity contribution in [1.82, 2.24) is 14.8 Å². The molecular weight excluding hydrogens is 583 g/mol. The maximum Gasteiger partial charge on any atom is 0.410 e. The molecule has 0 aliphatic carbocycles. The van der Waals surface area contributed by atoms with Gasteiger partial charge >= 0.3 is 6.09 Å². The van der Waals surface area contributed by atoms with Crippen LogP contribution in [-0.2, 0) is 18.0 Å². The maximum atomic E-state index is 15.8. The number of carbonyl (C=O) groups excluding carboxylic acids is 1. The van der Waals surface area contributed by atoms with Crippen molar-refractivity contribution >= 4 is 11.8 Å². The van der Waals surface area contributed by atoms with Crippen LogP contribution in [0, 0.1) is 5.82 Å². The van der Waals surface area contributed by atoms with Crippen LogP contribution in [0.15, 0.2) is 91.0 Å². The number of hydrogen-bond acceptors (Lipinski definition) is 7. The highest BCUT2D eigenvalue weighted by atomic mass is 19.1.